The minimum Gasteiger partial charge on any atom is -0.388 e. The van der Waals surface area contributed by atoms with E-state index in [2.05, 4.69) is 31.0 Å². The van der Waals surface area contributed by atoms with Crippen molar-refractivity contribution in [2.24, 2.45) is 28.6 Å². The first kappa shape index (κ1) is 19.0. The largest absolute Gasteiger partial charge is 0.388 e. The first-order valence-electron chi connectivity index (χ1n) is 11.1. The number of hydrogen-bond acceptors (Lipinski definition) is 3. The van der Waals surface area contributed by atoms with E-state index >= 15 is 0 Å². The third-order valence-corrected chi connectivity index (χ3v) is 9.05. The number of fused-ring (bicyclic) bond motifs is 5. The fourth-order valence-electron chi connectivity index (χ4n) is 7.41. The number of nitrogens with zero attached hydrogens (tertiary/aromatic N) is 2. The summed E-state index contributed by atoms with van der Waals surface area (Å²) in [5.74, 6) is 1.85. The average Bonchev–Trinajstić information content (AvgIpc) is 2.97. The van der Waals surface area contributed by atoms with Gasteiger partial charge >= 0.3 is 0 Å². The molecule has 3 fully saturated rings. The van der Waals surface area contributed by atoms with E-state index in [1.54, 1.807) is 6.08 Å². The number of pyridine rings is 1. The summed E-state index contributed by atoms with van der Waals surface area (Å²) < 4.78 is 0. The molecular formula is C25H32N2O2. The third-order valence-electron chi connectivity index (χ3n) is 9.05. The SMILES string of the molecule is CN1C(=O)C=C[C@]2(C)[C@H]3CC[C@]4(C)[C@@H](O)C(=Cc5ccncc5)C[C@H]4[C@@H]3CC[C@@H]12. The maximum Gasteiger partial charge on any atom is 0.246 e. The Labute approximate surface area is 173 Å². The Morgan fingerprint density at radius 2 is 1.93 bits per heavy atom. The molecule has 0 unspecified atom stereocenters. The number of rotatable bonds is 1. The summed E-state index contributed by atoms with van der Waals surface area (Å²) in [7, 11) is 1.97. The fourth-order valence-corrected chi connectivity index (χ4v) is 7.41. The molecule has 1 aliphatic heterocycles. The molecule has 4 nitrogen and oxygen atoms in total. The number of hydrogen-bond donors (Lipinski definition) is 1. The smallest absolute Gasteiger partial charge is 0.246 e. The van der Waals surface area contributed by atoms with Gasteiger partial charge in [-0.2, -0.15) is 0 Å². The Morgan fingerprint density at radius 1 is 1.17 bits per heavy atom. The van der Waals surface area contributed by atoms with Gasteiger partial charge in [0.1, 0.15) is 0 Å². The lowest BCUT2D eigenvalue weighted by molar-refractivity contribution is -0.140. The van der Waals surface area contributed by atoms with Crippen molar-refractivity contribution in [1.82, 2.24) is 9.88 Å². The number of aliphatic hydroxyl groups is 1. The summed E-state index contributed by atoms with van der Waals surface area (Å²) in [5.41, 5.74) is 2.32. The molecule has 4 aliphatic rings. The second-order valence-corrected chi connectivity index (χ2v) is 10.3. The van der Waals surface area contributed by atoms with E-state index in [9.17, 15) is 9.90 Å². The molecule has 0 spiro atoms. The summed E-state index contributed by atoms with van der Waals surface area (Å²) in [4.78, 5) is 18.3. The van der Waals surface area contributed by atoms with E-state index in [0.717, 1.165) is 37.7 Å². The zero-order chi connectivity index (χ0) is 20.4. The average molecular weight is 393 g/mol. The lowest BCUT2D eigenvalue weighted by Gasteiger charge is -2.59. The Kier molecular flexibility index (Phi) is 4.29. The van der Waals surface area contributed by atoms with Gasteiger partial charge in [0.15, 0.2) is 0 Å². The van der Waals surface area contributed by atoms with Crippen LogP contribution in [0.2, 0.25) is 0 Å². The molecule has 4 heteroatoms. The summed E-state index contributed by atoms with van der Waals surface area (Å²) in [6, 6.07) is 4.33. The zero-order valence-corrected chi connectivity index (χ0v) is 17.7. The van der Waals surface area contributed by atoms with Gasteiger partial charge in [-0.3, -0.25) is 9.78 Å². The molecule has 5 rings (SSSR count). The van der Waals surface area contributed by atoms with Crippen LogP contribution in [0.4, 0.5) is 0 Å². The van der Waals surface area contributed by atoms with Gasteiger partial charge in [0, 0.05) is 36.3 Å². The van der Waals surface area contributed by atoms with Gasteiger partial charge in [0.2, 0.25) is 5.91 Å². The molecule has 0 aromatic carbocycles. The first-order valence-corrected chi connectivity index (χ1v) is 11.1. The van der Waals surface area contributed by atoms with Crippen LogP contribution in [0.25, 0.3) is 6.08 Å². The standard InChI is InChI=1S/C25H32N2O2/c1-24-11-7-22(28)27(3)21(24)5-4-18-19(24)6-10-25(2)20(18)15-17(23(25)29)14-16-8-12-26-13-9-16/h7-9,11-14,18-21,23,29H,4-6,10,15H2,1-3H3/t18-,19+,20+,21-,23+,24-,25+/m1/s1. The number of aromatic nitrogens is 1. The highest BCUT2D eigenvalue weighted by Gasteiger charge is 2.61. The second-order valence-electron chi connectivity index (χ2n) is 10.3. The summed E-state index contributed by atoms with van der Waals surface area (Å²) in [6.45, 7) is 4.68. The molecule has 0 saturated heterocycles. The van der Waals surface area contributed by atoms with Gasteiger partial charge in [0.05, 0.1) is 6.10 Å². The van der Waals surface area contributed by atoms with Gasteiger partial charge in [-0.15, -0.1) is 0 Å². The van der Waals surface area contributed by atoms with Crippen LogP contribution in [0.1, 0.15) is 51.5 Å². The molecule has 154 valence electrons. The van der Waals surface area contributed by atoms with Crippen molar-refractivity contribution >= 4 is 12.0 Å². The van der Waals surface area contributed by atoms with E-state index in [0.29, 0.717) is 23.8 Å². The molecule has 3 saturated carbocycles. The van der Waals surface area contributed by atoms with Crippen molar-refractivity contribution < 1.29 is 9.90 Å². The Bertz CT molecular complexity index is 878. The van der Waals surface area contributed by atoms with Gasteiger partial charge in [0.25, 0.3) is 0 Å². The normalized spacial score (nSPS) is 45.1. The minimum atomic E-state index is -0.363. The molecule has 1 N–H and O–H groups in total. The second kappa shape index (κ2) is 6.53. The lowest BCUT2D eigenvalue weighted by Crippen LogP contribution is -2.59. The van der Waals surface area contributed by atoms with Crippen LogP contribution in [-0.4, -0.2) is 40.1 Å². The van der Waals surface area contributed by atoms with E-state index in [1.807, 2.05) is 36.5 Å². The summed E-state index contributed by atoms with van der Waals surface area (Å²) in [5, 5.41) is 11.3. The Hall–Kier alpha value is -1.94. The van der Waals surface area contributed by atoms with E-state index < -0.39 is 0 Å². The Balaban J connectivity index is 1.48. The summed E-state index contributed by atoms with van der Waals surface area (Å²) in [6.07, 6.45) is 14.9. The first-order chi connectivity index (χ1) is 13.8. The van der Waals surface area contributed by atoms with Crippen LogP contribution in [0.3, 0.4) is 0 Å². The molecule has 3 aliphatic carbocycles. The van der Waals surface area contributed by atoms with E-state index in [-0.39, 0.29) is 22.8 Å². The summed E-state index contributed by atoms with van der Waals surface area (Å²) >= 11 is 0. The van der Waals surface area contributed by atoms with Gasteiger partial charge in [-0.05, 0) is 79.2 Å². The van der Waals surface area contributed by atoms with Crippen LogP contribution in [0.5, 0.6) is 0 Å². The van der Waals surface area contributed by atoms with Gasteiger partial charge in [-0.1, -0.05) is 26.0 Å². The molecule has 0 radical (unpaired) electrons. The van der Waals surface area contributed by atoms with Crippen molar-refractivity contribution in [3.8, 4) is 0 Å². The minimum absolute atomic E-state index is 0.0384. The molecule has 29 heavy (non-hydrogen) atoms. The van der Waals surface area contributed by atoms with Crippen LogP contribution in [0.15, 0.2) is 42.3 Å². The monoisotopic (exact) mass is 392 g/mol. The third kappa shape index (κ3) is 2.68. The fraction of sp³-hybridized carbons (Fsp3) is 0.600. The van der Waals surface area contributed by atoms with Gasteiger partial charge < -0.3 is 10.0 Å². The van der Waals surface area contributed by atoms with Crippen LogP contribution in [0, 0.1) is 28.6 Å². The highest BCUT2D eigenvalue weighted by Crippen LogP contribution is 2.64. The van der Waals surface area contributed by atoms with E-state index in [1.165, 1.54) is 5.57 Å². The lowest BCUT2D eigenvalue weighted by atomic mass is 9.48. The molecule has 1 amide bonds. The predicted molar refractivity (Wildman–Crippen MR) is 114 cm³/mol. The predicted octanol–water partition coefficient (Wildman–Crippen LogP) is 4.08. The number of carbonyl (C=O) groups excluding carboxylic acids is 1. The van der Waals surface area contributed by atoms with E-state index in [4.69, 9.17) is 0 Å². The highest BCUT2D eigenvalue weighted by atomic mass is 16.3. The molecule has 1 aromatic rings. The molecule has 0 bridgehead atoms. The maximum atomic E-state index is 12.2. The molecule has 2 heterocycles. The van der Waals surface area contributed by atoms with Crippen molar-refractivity contribution in [3.05, 3.63) is 47.8 Å². The number of amides is 1. The quantitative estimate of drug-likeness (QED) is 0.784. The Morgan fingerprint density at radius 3 is 2.69 bits per heavy atom. The van der Waals surface area contributed by atoms with Crippen molar-refractivity contribution in [1.29, 1.82) is 0 Å². The number of aliphatic hydroxyl groups excluding tert-OH is 1. The number of likely N-dealkylation sites (N-methyl/N-ethyl adjacent to an activating group) is 1. The zero-order valence-electron chi connectivity index (χ0n) is 17.7. The molecule has 7 atom stereocenters. The van der Waals surface area contributed by atoms with Crippen LogP contribution < -0.4 is 0 Å². The number of carbonyl (C=O) groups is 1. The van der Waals surface area contributed by atoms with Gasteiger partial charge in [-0.25, -0.2) is 0 Å². The van der Waals surface area contributed by atoms with Crippen molar-refractivity contribution in [2.45, 2.75) is 58.1 Å². The van der Waals surface area contributed by atoms with Crippen molar-refractivity contribution in [3.63, 3.8) is 0 Å². The van der Waals surface area contributed by atoms with Crippen LogP contribution in [-0.2, 0) is 4.79 Å². The van der Waals surface area contributed by atoms with Crippen LogP contribution >= 0.6 is 0 Å². The topological polar surface area (TPSA) is 53.4 Å². The molecule has 1 aromatic heterocycles. The highest BCUT2D eigenvalue weighted by molar-refractivity contribution is 5.89. The molecular weight excluding hydrogens is 360 g/mol. The van der Waals surface area contributed by atoms with Crippen molar-refractivity contribution in [2.75, 3.05) is 7.05 Å². The maximum absolute atomic E-state index is 12.2.